The van der Waals surface area contributed by atoms with Crippen molar-refractivity contribution in [2.75, 3.05) is 33.2 Å². The molecular weight excluding hydrogens is 143 g/mol. The van der Waals surface area contributed by atoms with E-state index in [1.165, 1.54) is 0 Å². The van der Waals surface area contributed by atoms with Gasteiger partial charge in [0.15, 0.2) is 0 Å². The third-order valence-electron chi connectivity index (χ3n) is 3.14. The maximum atomic E-state index is 14.0. The molecule has 0 saturated carbocycles. The van der Waals surface area contributed by atoms with Crippen LogP contribution in [0.15, 0.2) is 0 Å². The summed E-state index contributed by atoms with van der Waals surface area (Å²) in [6.45, 7) is 4.88. The SMILES string of the molecule is CN1CC2(C)CNCC2(F)C1. The van der Waals surface area contributed by atoms with Gasteiger partial charge in [-0.2, -0.15) is 0 Å². The van der Waals surface area contributed by atoms with Crippen LogP contribution >= 0.6 is 0 Å². The quantitative estimate of drug-likeness (QED) is 0.543. The van der Waals surface area contributed by atoms with Gasteiger partial charge in [-0.1, -0.05) is 6.92 Å². The molecule has 2 saturated heterocycles. The summed E-state index contributed by atoms with van der Waals surface area (Å²) >= 11 is 0. The van der Waals surface area contributed by atoms with E-state index in [1.54, 1.807) is 0 Å². The zero-order chi connectivity index (χ0) is 8.11. The molecule has 0 aliphatic carbocycles. The molecule has 2 aliphatic heterocycles. The lowest BCUT2D eigenvalue weighted by molar-refractivity contribution is 0.106. The first-order chi connectivity index (χ1) is 5.06. The minimum Gasteiger partial charge on any atom is -0.313 e. The molecule has 1 N–H and O–H groups in total. The van der Waals surface area contributed by atoms with E-state index >= 15 is 0 Å². The van der Waals surface area contributed by atoms with Crippen LogP contribution in [0.4, 0.5) is 4.39 Å². The van der Waals surface area contributed by atoms with Crippen LogP contribution in [0.3, 0.4) is 0 Å². The molecule has 0 bridgehead atoms. The van der Waals surface area contributed by atoms with Crippen molar-refractivity contribution in [3.05, 3.63) is 0 Å². The van der Waals surface area contributed by atoms with Crippen LogP contribution in [-0.2, 0) is 0 Å². The monoisotopic (exact) mass is 158 g/mol. The average molecular weight is 158 g/mol. The molecule has 2 aliphatic rings. The lowest BCUT2D eigenvalue weighted by Crippen LogP contribution is -2.40. The highest BCUT2D eigenvalue weighted by Gasteiger charge is 2.57. The van der Waals surface area contributed by atoms with Crippen LogP contribution in [0.1, 0.15) is 6.92 Å². The molecular formula is C8H15FN2. The smallest absolute Gasteiger partial charge is 0.143 e. The number of alkyl halides is 1. The van der Waals surface area contributed by atoms with Crippen molar-refractivity contribution in [2.45, 2.75) is 12.6 Å². The maximum absolute atomic E-state index is 14.0. The van der Waals surface area contributed by atoms with Gasteiger partial charge in [0.1, 0.15) is 5.67 Å². The van der Waals surface area contributed by atoms with Crippen LogP contribution < -0.4 is 5.32 Å². The molecule has 2 fully saturated rings. The van der Waals surface area contributed by atoms with Gasteiger partial charge in [0.05, 0.1) is 0 Å². The van der Waals surface area contributed by atoms with Gasteiger partial charge in [0, 0.05) is 31.6 Å². The zero-order valence-corrected chi connectivity index (χ0v) is 7.15. The summed E-state index contributed by atoms with van der Waals surface area (Å²) in [6, 6.07) is 0. The summed E-state index contributed by atoms with van der Waals surface area (Å²) in [5.74, 6) is 0. The van der Waals surface area contributed by atoms with Crippen molar-refractivity contribution in [1.29, 1.82) is 0 Å². The lowest BCUT2D eigenvalue weighted by atomic mass is 9.81. The normalized spacial score (nSPS) is 51.5. The Morgan fingerprint density at radius 3 is 2.73 bits per heavy atom. The Morgan fingerprint density at radius 1 is 1.36 bits per heavy atom. The fourth-order valence-electron chi connectivity index (χ4n) is 2.43. The lowest BCUT2D eigenvalue weighted by Gasteiger charge is -2.26. The van der Waals surface area contributed by atoms with E-state index in [-0.39, 0.29) is 5.41 Å². The molecule has 2 unspecified atom stereocenters. The highest BCUT2D eigenvalue weighted by molar-refractivity contribution is 5.11. The zero-order valence-electron chi connectivity index (χ0n) is 7.15. The van der Waals surface area contributed by atoms with E-state index in [4.69, 9.17) is 0 Å². The highest BCUT2D eigenvalue weighted by Crippen LogP contribution is 2.43. The first-order valence-corrected chi connectivity index (χ1v) is 4.14. The van der Waals surface area contributed by atoms with E-state index in [0.717, 1.165) is 13.1 Å². The molecule has 0 aromatic rings. The highest BCUT2D eigenvalue weighted by atomic mass is 19.1. The average Bonchev–Trinajstić information content (AvgIpc) is 2.16. The molecule has 0 radical (unpaired) electrons. The van der Waals surface area contributed by atoms with Gasteiger partial charge < -0.3 is 10.2 Å². The third-order valence-corrected chi connectivity index (χ3v) is 3.14. The second kappa shape index (κ2) is 1.96. The fraction of sp³-hybridized carbons (Fsp3) is 1.00. The summed E-state index contributed by atoms with van der Waals surface area (Å²) in [4.78, 5) is 2.08. The Labute approximate surface area is 66.8 Å². The Balaban J connectivity index is 2.28. The van der Waals surface area contributed by atoms with Gasteiger partial charge in [-0.25, -0.2) is 4.39 Å². The summed E-state index contributed by atoms with van der Waals surface area (Å²) in [7, 11) is 1.99. The number of hydrogen-bond donors (Lipinski definition) is 1. The van der Waals surface area contributed by atoms with Crippen molar-refractivity contribution in [2.24, 2.45) is 5.41 Å². The molecule has 3 heteroatoms. The predicted octanol–water partition coefficient (Wildman–Crippen LogP) is 0.250. The number of hydrogen-bond acceptors (Lipinski definition) is 2. The molecule has 0 aromatic carbocycles. The maximum Gasteiger partial charge on any atom is 0.143 e. The molecule has 2 rings (SSSR count). The topological polar surface area (TPSA) is 15.3 Å². The van der Waals surface area contributed by atoms with Gasteiger partial charge in [0.2, 0.25) is 0 Å². The Kier molecular flexibility index (Phi) is 1.33. The number of halogens is 1. The summed E-state index contributed by atoms with van der Waals surface area (Å²) < 4.78 is 14.0. The van der Waals surface area contributed by atoms with Crippen LogP contribution in [-0.4, -0.2) is 43.8 Å². The van der Waals surface area contributed by atoms with Gasteiger partial charge >= 0.3 is 0 Å². The van der Waals surface area contributed by atoms with Crippen LogP contribution in [0.2, 0.25) is 0 Å². The predicted molar refractivity (Wildman–Crippen MR) is 42.3 cm³/mol. The first-order valence-electron chi connectivity index (χ1n) is 4.14. The van der Waals surface area contributed by atoms with E-state index in [1.807, 2.05) is 14.0 Å². The van der Waals surface area contributed by atoms with Crippen molar-refractivity contribution in [1.82, 2.24) is 10.2 Å². The number of nitrogens with zero attached hydrogens (tertiary/aromatic N) is 1. The molecule has 2 atom stereocenters. The molecule has 0 aromatic heterocycles. The number of fused-ring (bicyclic) bond motifs is 1. The minimum absolute atomic E-state index is 0.137. The molecule has 64 valence electrons. The molecule has 2 nitrogen and oxygen atoms in total. The number of likely N-dealkylation sites (tertiary alicyclic amines) is 1. The van der Waals surface area contributed by atoms with E-state index < -0.39 is 5.67 Å². The molecule has 2 heterocycles. The van der Waals surface area contributed by atoms with Crippen molar-refractivity contribution in [3.63, 3.8) is 0 Å². The van der Waals surface area contributed by atoms with Crippen molar-refractivity contribution >= 4 is 0 Å². The van der Waals surface area contributed by atoms with Crippen LogP contribution in [0.5, 0.6) is 0 Å². The molecule has 11 heavy (non-hydrogen) atoms. The first kappa shape index (κ1) is 7.50. The second-order valence-electron chi connectivity index (χ2n) is 4.30. The largest absolute Gasteiger partial charge is 0.313 e. The third kappa shape index (κ3) is 0.842. The van der Waals surface area contributed by atoms with E-state index in [2.05, 4.69) is 10.2 Å². The van der Waals surface area contributed by atoms with Crippen molar-refractivity contribution in [3.8, 4) is 0 Å². The van der Waals surface area contributed by atoms with E-state index in [9.17, 15) is 4.39 Å². The van der Waals surface area contributed by atoms with Gasteiger partial charge in [-0.15, -0.1) is 0 Å². The number of rotatable bonds is 0. The number of nitrogens with one attached hydrogen (secondary N) is 1. The van der Waals surface area contributed by atoms with Gasteiger partial charge in [0.25, 0.3) is 0 Å². The van der Waals surface area contributed by atoms with Gasteiger partial charge in [-0.05, 0) is 7.05 Å². The summed E-state index contributed by atoms with van der Waals surface area (Å²) in [5.41, 5.74) is -1.11. The second-order valence-corrected chi connectivity index (χ2v) is 4.30. The van der Waals surface area contributed by atoms with Crippen LogP contribution in [0.25, 0.3) is 0 Å². The Morgan fingerprint density at radius 2 is 2.09 bits per heavy atom. The van der Waals surface area contributed by atoms with Crippen molar-refractivity contribution < 1.29 is 4.39 Å². The molecule has 0 amide bonds. The van der Waals surface area contributed by atoms with Gasteiger partial charge in [-0.3, -0.25) is 0 Å². The summed E-state index contributed by atoms with van der Waals surface area (Å²) in [6.07, 6.45) is 0. The minimum atomic E-state index is -0.970. The molecule has 0 spiro atoms. The summed E-state index contributed by atoms with van der Waals surface area (Å²) in [5, 5.41) is 3.12. The fourth-order valence-corrected chi connectivity index (χ4v) is 2.43. The van der Waals surface area contributed by atoms with E-state index in [0.29, 0.717) is 13.1 Å². The Hall–Kier alpha value is -0.150. The van der Waals surface area contributed by atoms with Crippen LogP contribution in [0, 0.1) is 5.41 Å². The Bertz CT molecular complexity index is 167. The standard InChI is InChI=1S/C8H15FN2/c1-7-3-10-4-8(7,9)6-11(2)5-7/h10H,3-6H2,1-2H3.